The predicted molar refractivity (Wildman–Crippen MR) is 142 cm³/mol. The third kappa shape index (κ3) is 3.41. The van der Waals surface area contributed by atoms with Crippen molar-refractivity contribution in [3.63, 3.8) is 0 Å². The van der Waals surface area contributed by atoms with Crippen LogP contribution >= 0.6 is 0 Å². The highest BCUT2D eigenvalue weighted by atomic mass is 19.1. The van der Waals surface area contributed by atoms with Crippen molar-refractivity contribution in [2.75, 3.05) is 13.2 Å². The van der Waals surface area contributed by atoms with Crippen LogP contribution in [0.3, 0.4) is 0 Å². The fourth-order valence-corrected chi connectivity index (χ4v) is 6.57. The van der Waals surface area contributed by atoms with E-state index in [-0.39, 0.29) is 42.2 Å². The Morgan fingerprint density at radius 3 is 2.88 bits per heavy atom. The molecule has 2 aromatic heterocycles. The smallest absolute Gasteiger partial charge is 0.343 e. The number of nitrogens with zero attached hydrogens (tertiary/aromatic N) is 3. The molecule has 1 aromatic carbocycles. The van der Waals surface area contributed by atoms with Crippen molar-refractivity contribution < 1.29 is 28.9 Å². The predicted octanol–water partition coefficient (Wildman–Crippen LogP) is 3.36. The van der Waals surface area contributed by atoms with Gasteiger partial charge in [-0.05, 0) is 66.7 Å². The van der Waals surface area contributed by atoms with E-state index in [1.165, 1.54) is 24.4 Å². The molecular formula is C30H27FN4O5. The molecule has 1 aliphatic carbocycles. The first-order valence-corrected chi connectivity index (χ1v) is 13.4. The Kier molecular flexibility index (Phi) is 5.31. The maximum absolute atomic E-state index is 15.1. The molecule has 0 spiro atoms. The van der Waals surface area contributed by atoms with Crippen LogP contribution in [0.2, 0.25) is 0 Å². The summed E-state index contributed by atoms with van der Waals surface area (Å²) < 4.78 is 20.4. The number of cyclic esters (lactones) is 1. The Bertz CT molecular complexity index is 1710. The molecule has 3 aliphatic heterocycles. The summed E-state index contributed by atoms with van der Waals surface area (Å²) in [6, 6.07) is 3.95. The topological polar surface area (TPSA) is 125 Å². The molecule has 0 saturated carbocycles. The average molecular weight is 543 g/mol. The lowest BCUT2D eigenvalue weighted by Gasteiger charge is -2.37. The first kappa shape index (κ1) is 24.7. The Labute approximate surface area is 229 Å². The van der Waals surface area contributed by atoms with E-state index in [9.17, 15) is 19.8 Å². The van der Waals surface area contributed by atoms with E-state index in [2.05, 4.69) is 15.2 Å². The van der Waals surface area contributed by atoms with Crippen molar-refractivity contribution in [3.05, 3.63) is 81.1 Å². The van der Waals surface area contributed by atoms with Crippen LogP contribution < -0.4 is 5.32 Å². The summed E-state index contributed by atoms with van der Waals surface area (Å²) in [6.45, 7) is 4.59. The van der Waals surface area contributed by atoms with Crippen LogP contribution in [0.5, 0.6) is 5.75 Å². The van der Waals surface area contributed by atoms with Crippen LogP contribution in [0.4, 0.5) is 4.39 Å². The largest absolute Gasteiger partial charge is 0.506 e. The SMILES string of the molecule is CC[C@@]1(O)C(=O)OCC2=C1C=C1c3nc4cc(F)c(C)c5c4c(c3CN1C2)[C@@H](NC(=O)c1ccc(O)cn1)CC5. The second kappa shape index (κ2) is 8.59. The van der Waals surface area contributed by atoms with Crippen LogP contribution in [0.1, 0.15) is 64.2 Å². The Morgan fingerprint density at radius 2 is 2.12 bits per heavy atom. The van der Waals surface area contributed by atoms with Crippen LogP contribution in [-0.2, 0) is 22.5 Å². The normalized spacial score (nSPS) is 22.9. The molecule has 0 saturated heterocycles. The van der Waals surface area contributed by atoms with Gasteiger partial charge in [0.1, 0.15) is 23.9 Å². The summed E-state index contributed by atoms with van der Waals surface area (Å²) in [6.07, 6.45) is 4.36. The number of aromatic nitrogens is 2. The van der Waals surface area contributed by atoms with Crippen molar-refractivity contribution in [3.8, 4) is 5.75 Å². The van der Waals surface area contributed by atoms with E-state index >= 15 is 4.39 Å². The molecule has 4 aliphatic rings. The Morgan fingerprint density at radius 1 is 1.30 bits per heavy atom. The Balaban J connectivity index is 1.39. The second-order valence-corrected chi connectivity index (χ2v) is 10.9. The first-order valence-electron chi connectivity index (χ1n) is 13.4. The van der Waals surface area contributed by atoms with Gasteiger partial charge in [-0.2, -0.15) is 0 Å². The number of pyridine rings is 2. The van der Waals surface area contributed by atoms with Crippen molar-refractivity contribution in [1.82, 2.24) is 20.2 Å². The summed E-state index contributed by atoms with van der Waals surface area (Å²) in [7, 11) is 0. The molecule has 10 heteroatoms. The third-order valence-electron chi connectivity index (χ3n) is 8.71. The second-order valence-electron chi connectivity index (χ2n) is 10.9. The standard InChI is InChI=1S/C30H27FN4O5/c1-3-30(39)19-8-24-27-18(12-35(24)11-15(19)13-40-29(30)38)26-21(34-28(37)22-6-4-16(36)10-32-22)7-5-17-14(2)20(31)9-23(33-27)25(17)26/h4,6,8-10,21,36,39H,3,5,7,11-13H2,1-2H3,(H,34,37)/t21-,30-/m0/s1. The molecular weight excluding hydrogens is 515 g/mol. The summed E-state index contributed by atoms with van der Waals surface area (Å²) in [5.41, 5.74) is 5.06. The molecule has 0 unspecified atom stereocenters. The van der Waals surface area contributed by atoms with E-state index in [0.29, 0.717) is 48.3 Å². The monoisotopic (exact) mass is 542 g/mol. The number of ether oxygens (including phenoxy) is 1. The minimum absolute atomic E-state index is 0.0300. The third-order valence-corrected chi connectivity index (χ3v) is 8.71. The van der Waals surface area contributed by atoms with Crippen LogP contribution in [0, 0.1) is 12.7 Å². The number of aliphatic hydroxyl groups is 1. The number of halogens is 1. The summed E-state index contributed by atoms with van der Waals surface area (Å²) >= 11 is 0. The van der Waals surface area contributed by atoms with Gasteiger partial charge < -0.3 is 25.2 Å². The zero-order chi connectivity index (χ0) is 27.9. The van der Waals surface area contributed by atoms with Gasteiger partial charge >= 0.3 is 5.97 Å². The number of benzene rings is 1. The van der Waals surface area contributed by atoms with Crippen molar-refractivity contribution in [1.29, 1.82) is 0 Å². The molecule has 0 bridgehead atoms. The van der Waals surface area contributed by atoms with Gasteiger partial charge in [-0.3, -0.25) is 4.79 Å². The summed E-state index contributed by atoms with van der Waals surface area (Å²) in [5, 5.41) is 24.8. The van der Waals surface area contributed by atoms with E-state index in [1.54, 1.807) is 13.8 Å². The fraction of sp³-hybridized carbons (Fsp3) is 0.333. The number of rotatable bonds is 3. The number of nitrogens with one attached hydrogen (secondary N) is 1. The highest BCUT2D eigenvalue weighted by Gasteiger charge is 2.47. The van der Waals surface area contributed by atoms with Crippen LogP contribution in [0.15, 0.2) is 41.6 Å². The van der Waals surface area contributed by atoms with Gasteiger partial charge in [0.2, 0.25) is 0 Å². The quantitative estimate of drug-likeness (QED) is 0.431. The molecule has 5 heterocycles. The van der Waals surface area contributed by atoms with Crippen molar-refractivity contribution >= 4 is 28.5 Å². The number of aromatic hydroxyl groups is 1. The lowest BCUT2D eigenvalue weighted by molar-refractivity contribution is -0.163. The number of esters is 1. The maximum Gasteiger partial charge on any atom is 0.343 e. The summed E-state index contributed by atoms with van der Waals surface area (Å²) in [5.74, 6) is -1.39. The Hall–Kier alpha value is -4.31. The molecule has 3 N–H and O–H groups in total. The lowest BCUT2D eigenvalue weighted by atomic mass is 9.81. The molecule has 204 valence electrons. The number of carbonyl (C=O) groups excluding carboxylic acids is 2. The zero-order valence-corrected chi connectivity index (χ0v) is 22.0. The van der Waals surface area contributed by atoms with E-state index in [4.69, 9.17) is 9.72 Å². The molecule has 0 radical (unpaired) electrons. The average Bonchev–Trinajstić information content (AvgIpc) is 3.31. The van der Waals surface area contributed by atoms with E-state index in [1.807, 2.05) is 6.08 Å². The molecule has 9 nitrogen and oxygen atoms in total. The van der Waals surface area contributed by atoms with E-state index < -0.39 is 11.6 Å². The molecule has 0 fully saturated rings. The minimum atomic E-state index is -1.73. The molecule has 3 aromatic rings. The molecule has 1 amide bonds. The van der Waals surface area contributed by atoms with Crippen molar-refractivity contribution in [2.24, 2.45) is 0 Å². The molecule has 7 rings (SSSR count). The van der Waals surface area contributed by atoms with Gasteiger partial charge in [-0.25, -0.2) is 19.2 Å². The molecule has 40 heavy (non-hydrogen) atoms. The maximum atomic E-state index is 15.1. The number of amides is 1. The number of fused-ring (bicyclic) bond motifs is 4. The highest BCUT2D eigenvalue weighted by molar-refractivity contribution is 5.96. The van der Waals surface area contributed by atoms with Crippen molar-refractivity contribution in [2.45, 2.75) is 51.3 Å². The molecule has 2 atom stereocenters. The van der Waals surface area contributed by atoms with Gasteiger partial charge in [0, 0.05) is 35.7 Å². The van der Waals surface area contributed by atoms with Crippen LogP contribution in [-0.4, -0.2) is 55.7 Å². The van der Waals surface area contributed by atoms with E-state index in [0.717, 1.165) is 33.3 Å². The number of carbonyl (C=O) groups is 2. The lowest BCUT2D eigenvalue weighted by Crippen LogP contribution is -2.47. The summed E-state index contributed by atoms with van der Waals surface area (Å²) in [4.78, 5) is 36.9. The minimum Gasteiger partial charge on any atom is -0.506 e. The number of hydrogen-bond acceptors (Lipinski definition) is 8. The fourth-order valence-electron chi connectivity index (χ4n) is 6.57. The first-order chi connectivity index (χ1) is 19.2. The number of hydrogen-bond donors (Lipinski definition) is 3. The number of aryl methyl sites for hydroxylation is 1. The highest BCUT2D eigenvalue weighted by Crippen LogP contribution is 2.48. The zero-order valence-electron chi connectivity index (χ0n) is 22.0. The van der Waals surface area contributed by atoms with Gasteiger partial charge in [0.15, 0.2) is 5.60 Å². The van der Waals surface area contributed by atoms with Gasteiger partial charge in [0.25, 0.3) is 5.91 Å². The van der Waals surface area contributed by atoms with Gasteiger partial charge in [0.05, 0.1) is 29.1 Å². The van der Waals surface area contributed by atoms with Gasteiger partial charge in [-0.15, -0.1) is 0 Å². The van der Waals surface area contributed by atoms with Gasteiger partial charge in [-0.1, -0.05) is 6.92 Å². The van der Waals surface area contributed by atoms with Crippen LogP contribution in [0.25, 0.3) is 16.6 Å².